The fourth-order valence-corrected chi connectivity index (χ4v) is 4.69. The van der Waals surface area contributed by atoms with Gasteiger partial charge >= 0.3 is 0 Å². The van der Waals surface area contributed by atoms with E-state index in [9.17, 15) is 24.2 Å². The van der Waals surface area contributed by atoms with E-state index in [0.717, 1.165) is 5.56 Å². The van der Waals surface area contributed by atoms with Gasteiger partial charge in [0.05, 0.1) is 31.6 Å². The lowest BCUT2D eigenvalue weighted by Gasteiger charge is -2.40. The number of carbonyl (C=O) groups excluding carboxylic acids is 2. The molecule has 4 rings (SSSR count). The number of aliphatic hydroxyl groups excluding tert-OH is 2. The predicted octanol–water partition coefficient (Wildman–Crippen LogP) is 1.51. The maximum Gasteiger partial charge on any atom is 0.247 e. The number of benzene rings is 2. The molecule has 1 heterocycles. The number of rotatable bonds is 9. The maximum absolute atomic E-state index is 14.5. The standard InChI is InChI=1S/C26H29FN2O6/c1-34-13-10-22(31)29(15-16-6-2-4-8-19(16)27)20-14-18(26(33)28-11-12-30)23-17-7-3-5-9-21(17)35-25(23)24(20)32/h2-9,14,20,23-25,30,32H,10-13,15H2,1H3,(H,28,33). The van der Waals surface area contributed by atoms with Crippen LogP contribution < -0.4 is 10.1 Å². The van der Waals surface area contributed by atoms with Crippen LogP contribution in [-0.2, 0) is 20.9 Å². The van der Waals surface area contributed by atoms with Gasteiger partial charge in [0.25, 0.3) is 0 Å². The Morgan fingerprint density at radius 1 is 1.17 bits per heavy atom. The van der Waals surface area contributed by atoms with Crippen LogP contribution in [0.25, 0.3) is 0 Å². The summed E-state index contributed by atoms with van der Waals surface area (Å²) in [5.41, 5.74) is 1.36. The van der Waals surface area contributed by atoms with Crippen molar-refractivity contribution in [3.8, 4) is 5.75 Å². The number of hydrogen-bond acceptors (Lipinski definition) is 6. The highest BCUT2D eigenvalue weighted by Gasteiger charge is 2.50. The van der Waals surface area contributed by atoms with E-state index in [1.165, 1.54) is 18.1 Å². The lowest BCUT2D eigenvalue weighted by molar-refractivity contribution is -0.139. The summed E-state index contributed by atoms with van der Waals surface area (Å²) in [5.74, 6) is -1.27. The number of ether oxygens (including phenoxy) is 2. The molecular formula is C26H29FN2O6. The SMILES string of the molecule is COCCC(=O)N(Cc1ccccc1F)C1C=C(C(=O)NCCO)C2c3ccccc3OC2C1O. The molecular weight excluding hydrogens is 455 g/mol. The van der Waals surface area contributed by atoms with Crippen molar-refractivity contribution in [3.63, 3.8) is 0 Å². The molecule has 2 aromatic rings. The first kappa shape index (κ1) is 24.8. The Labute approximate surface area is 203 Å². The van der Waals surface area contributed by atoms with Crippen molar-refractivity contribution in [2.24, 2.45) is 0 Å². The molecule has 0 radical (unpaired) electrons. The quantitative estimate of drug-likeness (QED) is 0.498. The average Bonchev–Trinajstić information content (AvgIpc) is 3.26. The molecule has 35 heavy (non-hydrogen) atoms. The molecule has 8 nitrogen and oxygen atoms in total. The van der Waals surface area contributed by atoms with E-state index in [1.807, 2.05) is 12.1 Å². The zero-order valence-electron chi connectivity index (χ0n) is 19.4. The molecule has 4 atom stereocenters. The molecule has 2 amide bonds. The van der Waals surface area contributed by atoms with Crippen LogP contribution in [0.1, 0.15) is 23.5 Å². The normalized spacial score (nSPS) is 22.5. The average molecular weight is 485 g/mol. The molecule has 1 aliphatic heterocycles. The van der Waals surface area contributed by atoms with Gasteiger partial charge in [-0.3, -0.25) is 9.59 Å². The van der Waals surface area contributed by atoms with E-state index in [2.05, 4.69) is 5.32 Å². The minimum Gasteiger partial charge on any atom is -0.486 e. The van der Waals surface area contributed by atoms with Crippen LogP contribution in [0, 0.1) is 5.82 Å². The number of nitrogens with zero attached hydrogens (tertiary/aromatic N) is 1. The number of hydrogen-bond donors (Lipinski definition) is 3. The fourth-order valence-electron chi connectivity index (χ4n) is 4.69. The summed E-state index contributed by atoms with van der Waals surface area (Å²) < 4.78 is 25.6. The van der Waals surface area contributed by atoms with Crippen LogP contribution in [0.2, 0.25) is 0 Å². The van der Waals surface area contributed by atoms with Gasteiger partial charge in [-0.05, 0) is 18.2 Å². The van der Waals surface area contributed by atoms with E-state index in [-0.39, 0.29) is 44.2 Å². The maximum atomic E-state index is 14.5. The van der Waals surface area contributed by atoms with Crippen LogP contribution in [0.15, 0.2) is 60.2 Å². The van der Waals surface area contributed by atoms with Crippen LogP contribution >= 0.6 is 0 Å². The van der Waals surface area contributed by atoms with Gasteiger partial charge in [0.2, 0.25) is 11.8 Å². The Hall–Kier alpha value is -3.27. The zero-order valence-corrected chi connectivity index (χ0v) is 19.4. The van der Waals surface area contributed by atoms with Crippen LogP contribution in [0.3, 0.4) is 0 Å². The summed E-state index contributed by atoms with van der Waals surface area (Å²) in [4.78, 5) is 27.7. The Bertz CT molecular complexity index is 1110. The summed E-state index contributed by atoms with van der Waals surface area (Å²) in [5, 5.41) is 23.3. The van der Waals surface area contributed by atoms with Crippen molar-refractivity contribution in [2.75, 3.05) is 26.9 Å². The summed E-state index contributed by atoms with van der Waals surface area (Å²) in [7, 11) is 1.47. The van der Waals surface area contributed by atoms with Gasteiger partial charge in [-0.1, -0.05) is 36.4 Å². The highest BCUT2D eigenvalue weighted by Crippen LogP contribution is 2.47. The molecule has 9 heteroatoms. The summed E-state index contributed by atoms with van der Waals surface area (Å²) in [6.07, 6.45) is -0.422. The second-order valence-corrected chi connectivity index (χ2v) is 8.54. The molecule has 1 aliphatic carbocycles. The van der Waals surface area contributed by atoms with Gasteiger partial charge in [-0.25, -0.2) is 4.39 Å². The molecule has 0 saturated carbocycles. The molecule has 0 fully saturated rings. The van der Waals surface area contributed by atoms with Gasteiger partial charge in [0.15, 0.2) is 0 Å². The third-order valence-corrected chi connectivity index (χ3v) is 6.38. The van der Waals surface area contributed by atoms with E-state index in [4.69, 9.17) is 9.47 Å². The van der Waals surface area contributed by atoms with Crippen molar-refractivity contribution in [1.82, 2.24) is 10.2 Å². The minimum absolute atomic E-state index is 0.0171. The predicted molar refractivity (Wildman–Crippen MR) is 125 cm³/mol. The Kier molecular flexibility index (Phi) is 7.80. The number of para-hydroxylation sites is 1. The molecule has 186 valence electrons. The third kappa shape index (κ3) is 5.07. The second kappa shape index (κ2) is 11.0. The highest BCUT2D eigenvalue weighted by atomic mass is 19.1. The van der Waals surface area contributed by atoms with E-state index in [0.29, 0.717) is 11.3 Å². The molecule has 0 aromatic heterocycles. The Morgan fingerprint density at radius 2 is 1.91 bits per heavy atom. The van der Waals surface area contributed by atoms with Crippen molar-refractivity contribution in [2.45, 2.75) is 37.1 Å². The number of aliphatic hydroxyl groups is 2. The van der Waals surface area contributed by atoms with Gasteiger partial charge in [-0.2, -0.15) is 0 Å². The molecule has 2 aromatic carbocycles. The van der Waals surface area contributed by atoms with E-state index >= 15 is 0 Å². The second-order valence-electron chi connectivity index (χ2n) is 8.54. The number of nitrogens with one attached hydrogen (secondary N) is 1. The number of halogens is 1. The highest BCUT2D eigenvalue weighted by molar-refractivity contribution is 5.96. The third-order valence-electron chi connectivity index (χ3n) is 6.38. The van der Waals surface area contributed by atoms with Crippen LogP contribution in [-0.4, -0.2) is 72.0 Å². The lowest BCUT2D eigenvalue weighted by atomic mass is 9.77. The Balaban J connectivity index is 1.76. The fraction of sp³-hybridized carbons (Fsp3) is 0.385. The topological polar surface area (TPSA) is 108 Å². The Morgan fingerprint density at radius 3 is 2.66 bits per heavy atom. The lowest BCUT2D eigenvalue weighted by Crippen LogP contribution is -2.55. The minimum atomic E-state index is -1.18. The first-order valence-electron chi connectivity index (χ1n) is 11.5. The van der Waals surface area contributed by atoms with Crippen molar-refractivity contribution >= 4 is 11.8 Å². The molecule has 0 bridgehead atoms. The summed E-state index contributed by atoms with van der Waals surface area (Å²) in [6, 6.07) is 12.4. The summed E-state index contributed by atoms with van der Waals surface area (Å²) in [6.45, 7) is -0.142. The molecule has 3 N–H and O–H groups in total. The van der Waals surface area contributed by atoms with Crippen molar-refractivity contribution in [3.05, 3.63) is 77.1 Å². The number of fused-ring (bicyclic) bond motifs is 3. The smallest absolute Gasteiger partial charge is 0.247 e. The van der Waals surface area contributed by atoms with Gasteiger partial charge in [0, 0.05) is 36.9 Å². The van der Waals surface area contributed by atoms with Gasteiger partial charge in [-0.15, -0.1) is 0 Å². The van der Waals surface area contributed by atoms with Crippen molar-refractivity contribution < 1.29 is 33.7 Å². The van der Waals surface area contributed by atoms with E-state index < -0.39 is 35.9 Å². The molecule has 4 unspecified atom stereocenters. The van der Waals surface area contributed by atoms with Crippen molar-refractivity contribution in [1.29, 1.82) is 0 Å². The molecule has 0 saturated heterocycles. The van der Waals surface area contributed by atoms with Gasteiger partial charge < -0.3 is 29.9 Å². The van der Waals surface area contributed by atoms with Crippen LogP contribution in [0.4, 0.5) is 4.39 Å². The summed E-state index contributed by atoms with van der Waals surface area (Å²) >= 11 is 0. The largest absolute Gasteiger partial charge is 0.486 e. The number of methoxy groups -OCH3 is 1. The first-order valence-corrected chi connectivity index (χ1v) is 11.5. The first-order chi connectivity index (χ1) is 17.0. The van der Waals surface area contributed by atoms with Gasteiger partial charge in [0.1, 0.15) is 23.8 Å². The van der Waals surface area contributed by atoms with Crippen LogP contribution in [0.5, 0.6) is 5.75 Å². The molecule has 0 spiro atoms. The zero-order chi connectivity index (χ0) is 24.9. The monoisotopic (exact) mass is 484 g/mol. The number of carbonyl (C=O) groups is 2. The number of amides is 2. The molecule has 2 aliphatic rings. The van der Waals surface area contributed by atoms with E-state index in [1.54, 1.807) is 36.4 Å².